The Morgan fingerprint density at radius 3 is 2.58 bits per heavy atom. The zero-order valence-corrected chi connectivity index (χ0v) is 11.6. The molecule has 0 aromatic heterocycles. The summed E-state index contributed by atoms with van der Waals surface area (Å²) in [7, 11) is -3.95. The molecule has 1 aliphatic carbocycles. The molecule has 106 valence electrons. The molecule has 19 heavy (non-hydrogen) atoms. The molecule has 0 unspecified atom stereocenters. The van der Waals surface area contributed by atoms with Gasteiger partial charge in [-0.25, -0.2) is 17.2 Å². The monoisotopic (exact) mass is 289 g/mol. The third kappa shape index (κ3) is 3.30. The number of halogens is 2. The van der Waals surface area contributed by atoms with Gasteiger partial charge in [0.05, 0.1) is 0 Å². The smallest absolute Gasteiger partial charge is 0.207 e. The van der Waals surface area contributed by atoms with E-state index >= 15 is 0 Å². The summed E-state index contributed by atoms with van der Waals surface area (Å²) in [5.74, 6) is -1.29. The first-order chi connectivity index (χ1) is 8.95. The van der Waals surface area contributed by atoms with Crippen LogP contribution in [-0.2, 0) is 10.0 Å². The predicted octanol–water partition coefficient (Wildman–Crippen LogP) is 2.78. The van der Waals surface area contributed by atoms with Crippen LogP contribution in [0.25, 0.3) is 0 Å². The van der Waals surface area contributed by atoms with Crippen molar-refractivity contribution in [1.29, 1.82) is 0 Å². The zero-order valence-electron chi connectivity index (χ0n) is 10.8. The maximum atomic E-state index is 13.6. The Morgan fingerprint density at radius 1 is 1.32 bits per heavy atom. The lowest BCUT2D eigenvalue weighted by atomic mass is 10.3. The molecule has 6 heteroatoms. The van der Waals surface area contributed by atoms with E-state index in [0.29, 0.717) is 25.4 Å². The summed E-state index contributed by atoms with van der Waals surface area (Å²) in [5.41, 5.74) is 0. The molecule has 0 radical (unpaired) electrons. The SMILES string of the molecule is CCCN(CC1CC1)S(=O)(=O)c1cc(F)ccc1F. The molecule has 0 saturated heterocycles. The molecule has 0 aliphatic heterocycles. The fourth-order valence-corrected chi connectivity index (χ4v) is 3.65. The Bertz CT molecular complexity index is 556. The molecule has 1 aromatic carbocycles. The van der Waals surface area contributed by atoms with Gasteiger partial charge in [0.2, 0.25) is 10.0 Å². The summed E-state index contributed by atoms with van der Waals surface area (Å²) in [4.78, 5) is -0.568. The van der Waals surface area contributed by atoms with E-state index in [1.807, 2.05) is 6.92 Å². The van der Waals surface area contributed by atoms with Crippen molar-refractivity contribution in [3.05, 3.63) is 29.8 Å². The van der Waals surface area contributed by atoms with Gasteiger partial charge >= 0.3 is 0 Å². The molecule has 1 saturated carbocycles. The summed E-state index contributed by atoms with van der Waals surface area (Å²) in [6, 6.07) is 2.52. The van der Waals surface area contributed by atoms with E-state index in [0.717, 1.165) is 31.0 Å². The Balaban J connectivity index is 2.34. The standard InChI is InChI=1S/C13H17F2NO2S/c1-2-7-16(9-10-3-4-10)19(17,18)13-8-11(14)5-6-12(13)15/h5-6,8,10H,2-4,7,9H2,1H3. The largest absolute Gasteiger partial charge is 0.246 e. The quantitative estimate of drug-likeness (QED) is 0.807. The number of benzene rings is 1. The van der Waals surface area contributed by atoms with E-state index < -0.39 is 26.6 Å². The highest BCUT2D eigenvalue weighted by atomic mass is 32.2. The maximum absolute atomic E-state index is 13.6. The minimum absolute atomic E-state index is 0.328. The van der Waals surface area contributed by atoms with E-state index in [4.69, 9.17) is 0 Å². The minimum atomic E-state index is -3.95. The highest BCUT2D eigenvalue weighted by Crippen LogP contribution is 2.32. The van der Waals surface area contributed by atoms with E-state index in [9.17, 15) is 17.2 Å². The van der Waals surface area contributed by atoms with Gasteiger partial charge in [-0.05, 0) is 43.4 Å². The van der Waals surface area contributed by atoms with Crippen molar-refractivity contribution in [3.63, 3.8) is 0 Å². The lowest BCUT2D eigenvalue weighted by molar-refractivity contribution is 0.392. The number of nitrogens with zero attached hydrogens (tertiary/aromatic N) is 1. The number of hydrogen-bond donors (Lipinski definition) is 0. The highest BCUT2D eigenvalue weighted by Gasteiger charge is 2.32. The molecule has 2 rings (SSSR count). The number of hydrogen-bond acceptors (Lipinski definition) is 2. The molecule has 0 spiro atoms. The molecule has 1 aliphatic rings. The first kappa shape index (κ1) is 14.4. The van der Waals surface area contributed by atoms with Crippen molar-refractivity contribution in [3.8, 4) is 0 Å². The lowest BCUT2D eigenvalue weighted by Gasteiger charge is -2.21. The van der Waals surface area contributed by atoms with Crippen LogP contribution in [0.5, 0.6) is 0 Å². The van der Waals surface area contributed by atoms with Crippen LogP contribution in [0.15, 0.2) is 23.1 Å². The molecular formula is C13H17F2NO2S. The maximum Gasteiger partial charge on any atom is 0.246 e. The second kappa shape index (κ2) is 5.54. The van der Waals surface area contributed by atoms with Crippen LogP contribution >= 0.6 is 0 Å². The molecule has 0 N–H and O–H groups in total. The molecular weight excluding hydrogens is 272 g/mol. The van der Waals surface area contributed by atoms with Crippen LogP contribution in [0.2, 0.25) is 0 Å². The van der Waals surface area contributed by atoms with Gasteiger partial charge in [0, 0.05) is 13.1 Å². The lowest BCUT2D eigenvalue weighted by Crippen LogP contribution is -2.34. The Hall–Kier alpha value is -1.01. The van der Waals surface area contributed by atoms with Crippen LogP contribution in [0, 0.1) is 17.6 Å². The highest BCUT2D eigenvalue weighted by molar-refractivity contribution is 7.89. The fourth-order valence-electron chi connectivity index (χ4n) is 1.96. The molecule has 0 amide bonds. The normalized spacial score (nSPS) is 16.0. The van der Waals surface area contributed by atoms with Gasteiger partial charge in [-0.1, -0.05) is 6.92 Å². The van der Waals surface area contributed by atoms with E-state index in [2.05, 4.69) is 0 Å². The fraction of sp³-hybridized carbons (Fsp3) is 0.538. The van der Waals surface area contributed by atoms with Gasteiger partial charge in [0.1, 0.15) is 16.5 Å². The number of sulfonamides is 1. The Morgan fingerprint density at radius 2 is 2.00 bits per heavy atom. The van der Waals surface area contributed by atoms with Gasteiger partial charge < -0.3 is 0 Å². The zero-order chi connectivity index (χ0) is 14.0. The summed E-state index contributed by atoms with van der Waals surface area (Å²) < 4.78 is 52.8. The minimum Gasteiger partial charge on any atom is -0.207 e. The average Bonchev–Trinajstić information content (AvgIpc) is 3.15. The van der Waals surface area contributed by atoms with Crippen molar-refractivity contribution in [2.24, 2.45) is 5.92 Å². The van der Waals surface area contributed by atoms with Crippen LogP contribution in [-0.4, -0.2) is 25.8 Å². The van der Waals surface area contributed by atoms with Crippen LogP contribution in [0.3, 0.4) is 0 Å². The second-order valence-corrected chi connectivity index (χ2v) is 6.79. The predicted molar refractivity (Wildman–Crippen MR) is 68.1 cm³/mol. The summed E-state index contributed by atoms with van der Waals surface area (Å²) in [6.45, 7) is 2.58. The number of rotatable bonds is 6. The van der Waals surface area contributed by atoms with Crippen LogP contribution in [0.1, 0.15) is 26.2 Å². The van der Waals surface area contributed by atoms with E-state index in [-0.39, 0.29) is 0 Å². The molecule has 0 heterocycles. The van der Waals surface area contributed by atoms with Crippen molar-refractivity contribution in [2.45, 2.75) is 31.1 Å². The Labute approximate surface area is 112 Å². The van der Waals surface area contributed by atoms with Gasteiger partial charge in [-0.15, -0.1) is 0 Å². The first-order valence-corrected chi connectivity index (χ1v) is 7.84. The molecule has 1 aromatic rings. The van der Waals surface area contributed by atoms with Gasteiger partial charge in [-0.3, -0.25) is 0 Å². The summed E-state index contributed by atoms with van der Waals surface area (Å²) in [6.07, 6.45) is 2.64. The average molecular weight is 289 g/mol. The molecule has 0 bridgehead atoms. The van der Waals surface area contributed by atoms with Crippen molar-refractivity contribution in [1.82, 2.24) is 4.31 Å². The summed E-state index contributed by atoms with van der Waals surface area (Å²) in [5, 5.41) is 0. The molecule has 1 fully saturated rings. The van der Waals surface area contributed by atoms with Gasteiger partial charge in [0.25, 0.3) is 0 Å². The Kier molecular flexibility index (Phi) is 4.20. The second-order valence-electron chi connectivity index (χ2n) is 4.88. The summed E-state index contributed by atoms with van der Waals surface area (Å²) >= 11 is 0. The van der Waals surface area contributed by atoms with E-state index in [1.165, 1.54) is 4.31 Å². The topological polar surface area (TPSA) is 37.4 Å². The first-order valence-electron chi connectivity index (χ1n) is 6.40. The third-order valence-corrected chi connectivity index (χ3v) is 5.02. The molecule has 3 nitrogen and oxygen atoms in total. The van der Waals surface area contributed by atoms with Gasteiger partial charge in [0.15, 0.2) is 0 Å². The third-order valence-electron chi connectivity index (χ3n) is 3.14. The van der Waals surface area contributed by atoms with Crippen molar-refractivity contribution < 1.29 is 17.2 Å². The molecule has 0 atom stereocenters. The van der Waals surface area contributed by atoms with Crippen molar-refractivity contribution >= 4 is 10.0 Å². The van der Waals surface area contributed by atoms with E-state index in [1.54, 1.807) is 0 Å². The van der Waals surface area contributed by atoms with Crippen molar-refractivity contribution in [2.75, 3.05) is 13.1 Å². The van der Waals surface area contributed by atoms with Crippen LogP contribution in [0.4, 0.5) is 8.78 Å². The van der Waals surface area contributed by atoms with Gasteiger partial charge in [-0.2, -0.15) is 4.31 Å². The van der Waals surface area contributed by atoms with Crippen LogP contribution < -0.4 is 0 Å².